The van der Waals surface area contributed by atoms with Gasteiger partial charge in [0.2, 0.25) is 0 Å². The van der Waals surface area contributed by atoms with Crippen molar-refractivity contribution in [3.05, 3.63) is 97.1 Å². The highest BCUT2D eigenvalue weighted by molar-refractivity contribution is 5.69. The van der Waals surface area contributed by atoms with Crippen LogP contribution in [0.1, 0.15) is 45.1 Å². The zero-order valence-electron chi connectivity index (χ0n) is 21.5. The van der Waals surface area contributed by atoms with E-state index >= 15 is 0 Å². The van der Waals surface area contributed by atoms with E-state index in [1.165, 1.54) is 48.1 Å². The van der Waals surface area contributed by atoms with Gasteiger partial charge in [-0.15, -0.1) is 0 Å². The number of rotatable bonds is 7. The molecule has 3 heteroatoms. The van der Waals surface area contributed by atoms with E-state index in [2.05, 4.69) is 97.5 Å². The molecule has 1 aliphatic heterocycles. The van der Waals surface area contributed by atoms with Gasteiger partial charge in [0.1, 0.15) is 0 Å². The first-order chi connectivity index (χ1) is 16.9. The van der Waals surface area contributed by atoms with Crippen molar-refractivity contribution in [2.45, 2.75) is 45.6 Å². The molecule has 0 bridgehead atoms. The number of nitrogens with two attached hydrogens (primary N) is 1. The van der Waals surface area contributed by atoms with Gasteiger partial charge in [0.25, 0.3) is 0 Å². The lowest BCUT2D eigenvalue weighted by Crippen LogP contribution is -2.51. The van der Waals surface area contributed by atoms with Gasteiger partial charge in [0.15, 0.2) is 0 Å². The zero-order chi connectivity index (χ0) is 24.8. The molecule has 2 fully saturated rings. The molecule has 4 rings (SSSR count). The summed E-state index contributed by atoms with van der Waals surface area (Å²) in [5.41, 5.74) is 12.8. The maximum Gasteiger partial charge on any atom is 0.0367 e. The summed E-state index contributed by atoms with van der Waals surface area (Å²) < 4.78 is 0. The Kier molecular flexibility index (Phi) is 7.97. The molecule has 184 valence electrons. The average Bonchev–Trinajstić information content (AvgIpc) is 2.90. The van der Waals surface area contributed by atoms with Gasteiger partial charge >= 0.3 is 0 Å². The topological polar surface area (TPSA) is 32.5 Å². The summed E-state index contributed by atoms with van der Waals surface area (Å²) in [5.74, 6) is 0. The van der Waals surface area contributed by atoms with Crippen LogP contribution in [0, 0.1) is 5.41 Å². The lowest BCUT2D eigenvalue weighted by atomic mass is 9.68. The second kappa shape index (κ2) is 11.1. The van der Waals surface area contributed by atoms with Crippen LogP contribution in [0.25, 0.3) is 16.8 Å². The Labute approximate surface area is 212 Å². The van der Waals surface area contributed by atoms with E-state index in [4.69, 9.17) is 5.73 Å². The number of nitrogens with zero attached hydrogens (tertiary/aromatic N) is 2. The predicted octanol–water partition coefficient (Wildman–Crippen LogP) is 7.04. The molecule has 0 unspecified atom stereocenters. The molecule has 2 aliphatic rings. The SMILES string of the molecule is C=C/C(=C\C=C/C)C1(C)CCC(N2CCN(c3ccc(-c4ccc(C(=C)N)cc4)cc3)CC2)CC1. The van der Waals surface area contributed by atoms with Crippen LogP contribution >= 0.6 is 0 Å². The molecule has 2 N–H and O–H groups in total. The summed E-state index contributed by atoms with van der Waals surface area (Å²) in [6.07, 6.45) is 13.6. The fourth-order valence-corrected chi connectivity index (χ4v) is 5.70. The maximum absolute atomic E-state index is 5.80. The Morgan fingerprint density at radius 2 is 1.51 bits per heavy atom. The summed E-state index contributed by atoms with van der Waals surface area (Å²) >= 11 is 0. The summed E-state index contributed by atoms with van der Waals surface area (Å²) in [7, 11) is 0. The number of benzene rings is 2. The minimum absolute atomic E-state index is 0.264. The molecule has 1 aliphatic carbocycles. The molecule has 2 aromatic carbocycles. The normalized spacial score (nSPS) is 24.0. The van der Waals surface area contributed by atoms with E-state index < -0.39 is 0 Å². The van der Waals surface area contributed by atoms with Crippen molar-refractivity contribution in [3.8, 4) is 11.1 Å². The van der Waals surface area contributed by atoms with Crippen LogP contribution in [0.3, 0.4) is 0 Å². The first-order valence-corrected chi connectivity index (χ1v) is 13.0. The fraction of sp³-hybridized carbons (Fsp3) is 0.375. The van der Waals surface area contributed by atoms with Crippen molar-refractivity contribution in [2.24, 2.45) is 11.1 Å². The van der Waals surface area contributed by atoms with Gasteiger partial charge in [-0.3, -0.25) is 4.90 Å². The van der Waals surface area contributed by atoms with Crippen LogP contribution in [0.2, 0.25) is 0 Å². The van der Waals surface area contributed by atoms with Crippen LogP contribution in [0.5, 0.6) is 0 Å². The molecule has 0 radical (unpaired) electrons. The first-order valence-electron chi connectivity index (χ1n) is 13.0. The minimum Gasteiger partial charge on any atom is -0.399 e. The van der Waals surface area contributed by atoms with Gasteiger partial charge in [-0.25, -0.2) is 0 Å². The summed E-state index contributed by atoms with van der Waals surface area (Å²) in [5, 5.41) is 0. The lowest BCUT2D eigenvalue weighted by Gasteiger charge is -2.45. The molecule has 1 saturated heterocycles. The van der Waals surface area contributed by atoms with Crippen molar-refractivity contribution in [3.63, 3.8) is 0 Å². The monoisotopic (exact) mass is 467 g/mol. The first kappa shape index (κ1) is 25.1. The van der Waals surface area contributed by atoms with Crippen LogP contribution in [-0.2, 0) is 0 Å². The molecule has 0 spiro atoms. The number of anilines is 1. The van der Waals surface area contributed by atoms with Crippen molar-refractivity contribution >= 4 is 11.4 Å². The third kappa shape index (κ3) is 5.79. The lowest BCUT2D eigenvalue weighted by molar-refractivity contribution is 0.110. The summed E-state index contributed by atoms with van der Waals surface area (Å²) in [6.45, 7) is 16.9. The molecular formula is C32H41N3. The molecule has 0 amide bonds. The van der Waals surface area contributed by atoms with E-state index in [1.54, 1.807) is 0 Å². The van der Waals surface area contributed by atoms with Crippen LogP contribution in [-0.4, -0.2) is 37.1 Å². The maximum atomic E-state index is 5.80. The van der Waals surface area contributed by atoms with E-state index in [0.717, 1.165) is 31.7 Å². The van der Waals surface area contributed by atoms with E-state index in [1.807, 2.05) is 12.1 Å². The van der Waals surface area contributed by atoms with Gasteiger partial charge in [-0.05, 0) is 72.4 Å². The zero-order valence-corrected chi connectivity index (χ0v) is 21.5. The summed E-state index contributed by atoms with van der Waals surface area (Å²) in [4.78, 5) is 5.27. The van der Waals surface area contributed by atoms with Gasteiger partial charge < -0.3 is 10.6 Å². The van der Waals surface area contributed by atoms with Crippen molar-refractivity contribution in [2.75, 3.05) is 31.1 Å². The van der Waals surface area contributed by atoms with Crippen molar-refractivity contribution in [1.29, 1.82) is 0 Å². The van der Waals surface area contributed by atoms with Crippen LogP contribution in [0.15, 0.2) is 91.6 Å². The summed E-state index contributed by atoms with van der Waals surface area (Å²) in [6, 6.07) is 18.0. The molecule has 3 nitrogen and oxygen atoms in total. The predicted molar refractivity (Wildman–Crippen MR) is 152 cm³/mol. The van der Waals surface area contributed by atoms with Crippen LogP contribution < -0.4 is 10.6 Å². The Morgan fingerprint density at radius 1 is 0.943 bits per heavy atom. The number of piperazine rings is 1. The van der Waals surface area contributed by atoms with Crippen molar-refractivity contribution < 1.29 is 0 Å². The molecule has 1 saturated carbocycles. The number of hydrogen-bond donors (Lipinski definition) is 1. The van der Waals surface area contributed by atoms with Crippen LogP contribution in [0.4, 0.5) is 5.69 Å². The Morgan fingerprint density at radius 3 is 2.03 bits per heavy atom. The second-order valence-corrected chi connectivity index (χ2v) is 10.3. The standard InChI is InChI=1S/C32H41N3/c1-5-7-8-29(6-2)32(4)19-17-31(18-20-32)35-23-21-34(22-24-35)30-15-13-28(14-16-30)27-11-9-26(10-12-27)25(3)33/h5-16,31H,2-3,17-24,33H2,1,4H3/b7-5-,29-8+. The third-order valence-electron chi connectivity index (χ3n) is 8.10. The number of allylic oxidation sites excluding steroid dienone is 5. The molecule has 0 aromatic heterocycles. The van der Waals surface area contributed by atoms with E-state index in [0.29, 0.717) is 11.7 Å². The highest BCUT2D eigenvalue weighted by atomic mass is 15.3. The third-order valence-corrected chi connectivity index (χ3v) is 8.10. The Hall–Kier alpha value is -3.04. The Bertz CT molecular complexity index is 1060. The van der Waals surface area contributed by atoms with Gasteiger partial charge in [-0.2, -0.15) is 0 Å². The van der Waals surface area contributed by atoms with Crippen molar-refractivity contribution in [1.82, 2.24) is 4.90 Å². The van der Waals surface area contributed by atoms with E-state index in [-0.39, 0.29) is 5.41 Å². The fourth-order valence-electron chi connectivity index (χ4n) is 5.70. The molecule has 1 heterocycles. The molecule has 35 heavy (non-hydrogen) atoms. The smallest absolute Gasteiger partial charge is 0.0367 e. The quantitative estimate of drug-likeness (QED) is 0.443. The molecular weight excluding hydrogens is 426 g/mol. The highest BCUT2D eigenvalue weighted by Crippen LogP contribution is 2.44. The number of hydrogen-bond acceptors (Lipinski definition) is 3. The van der Waals surface area contributed by atoms with E-state index in [9.17, 15) is 0 Å². The van der Waals surface area contributed by atoms with Gasteiger partial charge in [-0.1, -0.05) is 80.8 Å². The minimum atomic E-state index is 0.264. The second-order valence-electron chi connectivity index (χ2n) is 10.3. The van der Waals surface area contributed by atoms with Gasteiger partial charge in [0, 0.05) is 43.6 Å². The average molecular weight is 468 g/mol. The molecule has 0 atom stereocenters. The molecule has 2 aromatic rings. The van der Waals surface area contributed by atoms with Gasteiger partial charge in [0.05, 0.1) is 0 Å². The Balaban J connectivity index is 1.30. The highest BCUT2D eigenvalue weighted by Gasteiger charge is 2.35. The largest absolute Gasteiger partial charge is 0.399 e.